The first kappa shape index (κ1) is 14.3. The van der Waals surface area contributed by atoms with Crippen molar-refractivity contribution in [2.24, 2.45) is 5.73 Å². The summed E-state index contributed by atoms with van der Waals surface area (Å²) in [7, 11) is 0. The lowest BCUT2D eigenvalue weighted by Gasteiger charge is -2.12. The molecule has 0 aromatic carbocycles. The molecule has 0 fully saturated rings. The minimum atomic E-state index is -4.59. The van der Waals surface area contributed by atoms with Gasteiger partial charge < -0.3 is 11.1 Å². The van der Waals surface area contributed by atoms with E-state index in [-0.39, 0.29) is 17.9 Å². The molecule has 2 aromatic heterocycles. The fourth-order valence-electron chi connectivity index (χ4n) is 1.45. The number of carbonyl (C=O) groups excluding carboxylic acids is 1. The largest absolute Gasteiger partial charge is 0.433 e. The maximum Gasteiger partial charge on any atom is 0.433 e. The van der Waals surface area contributed by atoms with Crippen LogP contribution < -0.4 is 11.1 Å². The third-order valence-corrected chi connectivity index (χ3v) is 3.14. The number of hydrogen-bond donors (Lipinski definition) is 2. The van der Waals surface area contributed by atoms with Crippen LogP contribution in [0, 0.1) is 0 Å². The van der Waals surface area contributed by atoms with Gasteiger partial charge in [-0.1, -0.05) is 0 Å². The van der Waals surface area contributed by atoms with Gasteiger partial charge in [-0.2, -0.15) is 13.2 Å². The van der Waals surface area contributed by atoms with E-state index >= 15 is 0 Å². The molecule has 0 spiro atoms. The average molecular weight is 302 g/mol. The van der Waals surface area contributed by atoms with E-state index < -0.39 is 17.8 Å². The number of halogens is 3. The predicted molar refractivity (Wildman–Crippen MR) is 67.2 cm³/mol. The number of nitrogens with zero attached hydrogens (tertiary/aromatic N) is 2. The number of carbonyl (C=O) groups is 1. The molecule has 0 unspecified atom stereocenters. The van der Waals surface area contributed by atoms with E-state index in [1.165, 1.54) is 11.3 Å². The van der Waals surface area contributed by atoms with E-state index in [2.05, 4.69) is 15.3 Å². The van der Waals surface area contributed by atoms with Gasteiger partial charge in [0.05, 0.1) is 17.6 Å². The van der Waals surface area contributed by atoms with Crippen LogP contribution in [0.5, 0.6) is 0 Å². The zero-order valence-corrected chi connectivity index (χ0v) is 10.8. The quantitative estimate of drug-likeness (QED) is 0.908. The Balaban J connectivity index is 2.29. The highest BCUT2D eigenvalue weighted by atomic mass is 32.1. The number of hydrogen-bond acceptors (Lipinski definition) is 5. The second kappa shape index (κ2) is 5.45. The molecular weight excluding hydrogens is 293 g/mol. The molecule has 0 aliphatic heterocycles. The molecule has 2 rings (SSSR count). The molecule has 0 radical (unpaired) electrons. The number of nitrogens with two attached hydrogens (primary N) is 1. The van der Waals surface area contributed by atoms with Crippen molar-refractivity contribution in [1.29, 1.82) is 0 Å². The van der Waals surface area contributed by atoms with Crippen LogP contribution in [0.1, 0.15) is 20.9 Å². The Hall–Kier alpha value is -2.16. The molecule has 20 heavy (non-hydrogen) atoms. The van der Waals surface area contributed by atoms with Gasteiger partial charge in [-0.15, -0.1) is 11.3 Å². The summed E-state index contributed by atoms with van der Waals surface area (Å²) >= 11 is 1.33. The van der Waals surface area contributed by atoms with Gasteiger partial charge in [0.15, 0.2) is 0 Å². The highest BCUT2D eigenvalue weighted by Crippen LogP contribution is 2.29. The first-order chi connectivity index (χ1) is 9.38. The molecule has 0 atom stereocenters. The molecule has 0 saturated carbocycles. The van der Waals surface area contributed by atoms with Gasteiger partial charge in [0, 0.05) is 11.1 Å². The zero-order valence-electron chi connectivity index (χ0n) is 9.94. The molecule has 0 aliphatic carbocycles. The van der Waals surface area contributed by atoms with E-state index in [0.29, 0.717) is 0 Å². The smallest absolute Gasteiger partial charge is 0.365 e. The van der Waals surface area contributed by atoms with Gasteiger partial charge in [-0.05, 0) is 12.1 Å². The molecular formula is C11H9F3N4OS. The van der Waals surface area contributed by atoms with Crippen molar-refractivity contribution in [3.63, 3.8) is 0 Å². The number of anilines is 1. The summed E-state index contributed by atoms with van der Waals surface area (Å²) in [6.07, 6.45) is -3.02. The molecule has 0 saturated heterocycles. The second-order valence-corrected chi connectivity index (χ2v) is 4.75. The summed E-state index contributed by atoms with van der Waals surface area (Å²) in [6.45, 7) is 0.208. The number of pyridine rings is 1. The molecule has 9 heteroatoms. The van der Waals surface area contributed by atoms with Gasteiger partial charge in [0.1, 0.15) is 11.5 Å². The predicted octanol–water partition coefficient (Wildman–Crippen LogP) is 2.27. The van der Waals surface area contributed by atoms with Crippen LogP contribution in [0.2, 0.25) is 0 Å². The van der Waals surface area contributed by atoms with Crippen molar-refractivity contribution >= 4 is 23.1 Å². The van der Waals surface area contributed by atoms with E-state index in [0.717, 1.165) is 17.0 Å². The molecule has 0 aliphatic rings. The highest BCUT2D eigenvalue weighted by Gasteiger charge is 2.33. The van der Waals surface area contributed by atoms with E-state index in [4.69, 9.17) is 5.73 Å². The number of thiazole rings is 1. The Morgan fingerprint density at radius 2 is 2.15 bits per heavy atom. The first-order valence-electron chi connectivity index (χ1n) is 5.37. The van der Waals surface area contributed by atoms with Crippen LogP contribution in [-0.2, 0) is 12.7 Å². The SMILES string of the molecule is NC(=O)c1ccc(C(F)(F)F)nc1NCc1cncs1. The minimum Gasteiger partial charge on any atom is -0.365 e. The highest BCUT2D eigenvalue weighted by molar-refractivity contribution is 7.09. The van der Waals surface area contributed by atoms with Crippen LogP contribution >= 0.6 is 11.3 Å². The van der Waals surface area contributed by atoms with Crippen molar-refractivity contribution in [1.82, 2.24) is 9.97 Å². The number of amides is 1. The average Bonchev–Trinajstić information content (AvgIpc) is 2.87. The summed E-state index contributed by atoms with van der Waals surface area (Å²) in [4.78, 5) is 19.2. The molecule has 1 amide bonds. The van der Waals surface area contributed by atoms with Gasteiger partial charge in [-0.3, -0.25) is 9.78 Å². The third kappa shape index (κ3) is 3.23. The van der Waals surface area contributed by atoms with Gasteiger partial charge in [0.25, 0.3) is 5.91 Å². The maximum atomic E-state index is 12.6. The molecule has 3 N–H and O–H groups in total. The molecule has 106 valence electrons. The Morgan fingerprint density at radius 1 is 1.40 bits per heavy atom. The summed E-state index contributed by atoms with van der Waals surface area (Å²) in [5.74, 6) is -1.04. The normalized spacial score (nSPS) is 11.3. The van der Waals surface area contributed by atoms with Crippen LogP contribution in [-0.4, -0.2) is 15.9 Å². The summed E-state index contributed by atoms with van der Waals surface area (Å²) in [5.41, 5.74) is 5.52. The number of nitrogens with one attached hydrogen (secondary N) is 1. The summed E-state index contributed by atoms with van der Waals surface area (Å²) in [6, 6.07) is 1.73. The lowest BCUT2D eigenvalue weighted by Crippen LogP contribution is -2.18. The van der Waals surface area contributed by atoms with Gasteiger partial charge in [0.2, 0.25) is 0 Å². The third-order valence-electron chi connectivity index (χ3n) is 2.36. The first-order valence-corrected chi connectivity index (χ1v) is 6.25. The number of rotatable bonds is 4. The Bertz CT molecular complexity index is 613. The summed E-state index contributed by atoms with van der Waals surface area (Å²) < 4.78 is 37.8. The van der Waals surface area contributed by atoms with Crippen LogP contribution in [0.4, 0.5) is 19.0 Å². The van der Waals surface area contributed by atoms with Crippen LogP contribution in [0.15, 0.2) is 23.8 Å². The molecule has 2 heterocycles. The molecule has 0 bridgehead atoms. The Labute approximate surface area is 115 Å². The van der Waals surface area contributed by atoms with Crippen molar-refractivity contribution in [2.75, 3.05) is 5.32 Å². The number of alkyl halides is 3. The lowest BCUT2D eigenvalue weighted by atomic mass is 10.2. The minimum absolute atomic E-state index is 0.0949. The standard InChI is InChI=1S/C11H9F3N4OS/c12-11(13,14)8-2-1-7(9(15)19)10(18-8)17-4-6-3-16-5-20-6/h1-3,5H,4H2,(H2,15,19)(H,17,18). The topological polar surface area (TPSA) is 80.9 Å². The van der Waals surface area contributed by atoms with E-state index in [9.17, 15) is 18.0 Å². The van der Waals surface area contributed by atoms with Crippen molar-refractivity contribution in [3.8, 4) is 0 Å². The van der Waals surface area contributed by atoms with Gasteiger partial charge in [-0.25, -0.2) is 4.98 Å². The van der Waals surface area contributed by atoms with Crippen LogP contribution in [0.25, 0.3) is 0 Å². The lowest BCUT2D eigenvalue weighted by molar-refractivity contribution is -0.141. The summed E-state index contributed by atoms with van der Waals surface area (Å²) in [5, 5.41) is 2.67. The Morgan fingerprint density at radius 3 is 2.70 bits per heavy atom. The fourth-order valence-corrected chi connectivity index (χ4v) is 1.99. The second-order valence-electron chi connectivity index (χ2n) is 3.78. The number of primary amides is 1. The van der Waals surface area contributed by atoms with E-state index in [1.807, 2.05) is 0 Å². The van der Waals surface area contributed by atoms with Crippen molar-refractivity contribution in [2.45, 2.75) is 12.7 Å². The van der Waals surface area contributed by atoms with Crippen molar-refractivity contribution < 1.29 is 18.0 Å². The van der Waals surface area contributed by atoms with Crippen LogP contribution in [0.3, 0.4) is 0 Å². The molecule has 5 nitrogen and oxygen atoms in total. The zero-order chi connectivity index (χ0) is 14.8. The van der Waals surface area contributed by atoms with Crippen molar-refractivity contribution in [3.05, 3.63) is 40.0 Å². The van der Waals surface area contributed by atoms with E-state index in [1.54, 1.807) is 11.7 Å². The monoisotopic (exact) mass is 302 g/mol. The maximum absolute atomic E-state index is 12.6. The molecule has 2 aromatic rings. The Kier molecular flexibility index (Phi) is 3.89. The fraction of sp³-hybridized carbons (Fsp3) is 0.182. The number of aromatic nitrogens is 2. The van der Waals surface area contributed by atoms with Gasteiger partial charge >= 0.3 is 6.18 Å².